The maximum atomic E-state index is 11.8. The van der Waals surface area contributed by atoms with Gasteiger partial charge in [0, 0.05) is 13.7 Å². The summed E-state index contributed by atoms with van der Waals surface area (Å²) in [5.41, 5.74) is 3.54. The minimum Gasteiger partial charge on any atom is -0.480 e. The first kappa shape index (κ1) is 18.4. The molecule has 1 N–H and O–H groups in total. The van der Waals surface area contributed by atoms with Crippen LogP contribution in [-0.4, -0.2) is 35.7 Å². The molecule has 0 spiro atoms. The molecule has 1 heterocycles. The normalized spacial score (nSPS) is 18.6. The summed E-state index contributed by atoms with van der Waals surface area (Å²) in [7, 11) is 1.68. The molecule has 0 bridgehead atoms. The molecule has 4 heteroatoms. The first-order valence-corrected chi connectivity index (χ1v) is 9.37. The van der Waals surface area contributed by atoms with E-state index in [-0.39, 0.29) is 0 Å². The molecule has 0 amide bonds. The fourth-order valence-electron chi connectivity index (χ4n) is 4.13. The molecule has 1 aliphatic rings. The van der Waals surface area contributed by atoms with Gasteiger partial charge in [0.05, 0.1) is 12.1 Å². The van der Waals surface area contributed by atoms with E-state index in [1.54, 1.807) is 7.11 Å². The Labute approximate surface area is 165 Å². The van der Waals surface area contributed by atoms with Crippen molar-refractivity contribution in [1.82, 2.24) is 4.90 Å². The Morgan fingerprint density at radius 2 is 1.54 bits per heavy atom. The Kier molecular flexibility index (Phi) is 4.99. The molecule has 0 radical (unpaired) electrons. The lowest BCUT2D eigenvalue weighted by Gasteiger charge is -2.38. The highest BCUT2D eigenvalue weighted by molar-refractivity contribution is 5.78. The molecule has 4 rings (SSSR count). The molecule has 1 fully saturated rings. The smallest absolute Gasteiger partial charge is 0.322 e. The summed E-state index contributed by atoms with van der Waals surface area (Å²) in [4.78, 5) is 13.9. The summed E-state index contributed by atoms with van der Waals surface area (Å²) < 4.78 is 5.33. The minimum absolute atomic E-state index is 0.508. The lowest BCUT2D eigenvalue weighted by molar-refractivity contribution is -0.137. The summed E-state index contributed by atoms with van der Waals surface area (Å²) >= 11 is 0. The summed E-state index contributed by atoms with van der Waals surface area (Å²) in [6.45, 7) is 1.02. The van der Waals surface area contributed by atoms with Gasteiger partial charge in [-0.2, -0.15) is 0 Å². The largest absolute Gasteiger partial charge is 0.480 e. The number of hydrogen-bond acceptors (Lipinski definition) is 3. The van der Waals surface area contributed by atoms with Crippen LogP contribution in [0.15, 0.2) is 84.9 Å². The van der Waals surface area contributed by atoms with Crippen LogP contribution in [0, 0.1) is 0 Å². The number of methoxy groups -OCH3 is 1. The van der Waals surface area contributed by atoms with Crippen LogP contribution in [0.3, 0.4) is 0 Å². The van der Waals surface area contributed by atoms with Gasteiger partial charge in [-0.1, -0.05) is 84.9 Å². The lowest BCUT2D eigenvalue weighted by atomic mass is 9.76. The van der Waals surface area contributed by atoms with Gasteiger partial charge in [0.1, 0.15) is 6.04 Å². The molecule has 142 valence electrons. The molecule has 0 saturated carbocycles. The van der Waals surface area contributed by atoms with E-state index in [9.17, 15) is 9.90 Å². The number of carbonyl (C=O) groups is 1. The monoisotopic (exact) mass is 373 g/mol. The second kappa shape index (κ2) is 7.58. The second-order valence-corrected chi connectivity index (χ2v) is 7.08. The molecule has 0 aromatic heterocycles. The zero-order chi connectivity index (χ0) is 19.6. The van der Waals surface area contributed by atoms with Gasteiger partial charge >= 0.3 is 5.97 Å². The van der Waals surface area contributed by atoms with E-state index < -0.39 is 17.6 Å². The Bertz CT molecular complexity index is 916. The van der Waals surface area contributed by atoms with Crippen molar-refractivity contribution in [2.24, 2.45) is 0 Å². The van der Waals surface area contributed by atoms with Crippen molar-refractivity contribution in [2.45, 2.75) is 18.2 Å². The highest BCUT2D eigenvalue weighted by atomic mass is 16.5. The van der Waals surface area contributed by atoms with Crippen LogP contribution >= 0.6 is 0 Å². The number of benzene rings is 3. The zero-order valence-corrected chi connectivity index (χ0v) is 15.8. The Morgan fingerprint density at radius 3 is 2.04 bits per heavy atom. The molecule has 1 saturated heterocycles. The van der Waals surface area contributed by atoms with Crippen molar-refractivity contribution in [1.29, 1.82) is 0 Å². The van der Waals surface area contributed by atoms with Crippen LogP contribution in [0.2, 0.25) is 0 Å². The fourth-order valence-corrected chi connectivity index (χ4v) is 4.13. The zero-order valence-electron chi connectivity index (χ0n) is 15.8. The second-order valence-electron chi connectivity index (χ2n) is 7.08. The van der Waals surface area contributed by atoms with Crippen molar-refractivity contribution in [2.75, 3.05) is 13.7 Å². The average Bonchev–Trinajstić information content (AvgIpc) is 3.52. The predicted molar refractivity (Wildman–Crippen MR) is 108 cm³/mol. The number of hydrogen-bond donors (Lipinski definition) is 1. The van der Waals surface area contributed by atoms with E-state index in [0.717, 1.165) is 22.3 Å². The van der Waals surface area contributed by atoms with Crippen molar-refractivity contribution >= 4 is 5.97 Å². The van der Waals surface area contributed by atoms with Crippen LogP contribution in [-0.2, 0) is 21.7 Å². The average molecular weight is 373 g/mol. The van der Waals surface area contributed by atoms with Gasteiger partial charge in [-0.15, -0.1) is 0 Å². The maximum absolute atomic E-state index is 11.8. The van der Waals surface area contributed by atoms with E-state index >= 15 is 0 Å². The van der Waals surface area contributed by atoms with Crippen molar-refractivity contribution in [3.8, 4) is 0 Å². The van der Waals surface area contributed by atoms with Crippen LogP contribution in [0.5, 0.6) is 0 Å². The Balaban J connectivity index is 1.99. The van der Waals surface area contributed by atoms with Crippen molar-refractivity contribution < 1.29 is 14.6 Å². The molecule has 1 unspecified atom stereocenters. The predicted octanol–water partition coefficient (Wildman–Crippen LogP) is 3.89. The molecule has 0 aliphatic carbocycles. The molecule has 28 heavy (non-hydrogen) atoms. The maximum Gasteiger partial charge on any atom is 0.322 e. The first-order valence-electron chi connectivity index (χ1n) is 9.37. The molecule has 1 aliphatic heterocycles. The number of carboxylic acids is 1. The molecule has 3 aromatic carbocycles. The van der Waals surface area contributed by atoms with Gasteiger partial charge in [0.25, 0.3) is 0 Å². The number of aliphatic carboxylic acids is 1. The van der Waals surface area contributed by atoms with Crippen LogP contribution < -0.4 is 0 Å². The number of carboxylic acid groups (broad SMARTS) is 1. The van der Waals surface area contributed by atoms with Crippen molar-refractivity contribution in [3.05, 3.63) is 107 Å². The highest BCUT2D eigenvalue weighted by Crippen LogP contribution is 2.48. The minimum atomic E-state index is -0.788. The third kappa shape index (κ3) is 3.11. The number of nitrogens with zero attached hydrogens (tertiary/aromatic N) is 1. The molecule has 3 aromatic rings. The third-order valence-electron chi connectivity index (χ3n) is 5.37. The fraction of sp³-hybridized carbons (Fsp3) is 0.208. The quantitative estimate of drug-likeness (QED) is 0.504. The van der Waals surface area contributed by atoms with Crippen molar-refractivity contribution in [3.63, 3.8) is 0 Å². The topological polar surface area (TPSA) is 49.5 Å². The van der Waals surface area contributed by atoms with E-state index in [1.165, 1.54) is 0 Å². The summed E-state index contributed by atoms with van der Waals surface area (Å²) in [6.07, 6.45) is 0. The van der Waals surface area contributed by atoms with E-state index in [0.29, 0.717) is 13.2 Å². The van der Waals surface area contributed by atoms with Crippen LogP contribution in [0.25, 0.3) is 0 Å². The van der Waals surface area contributed by atoms with Crippen LogP contribution in [0.1, 0.15) is 22.3 Å². The molecule has 4 nitrogen and oxygen atoms in total. The van der Waals surface area contributed by atoms with Gasteiger partial charge in [0.15, 0.2) is 0 Å². The third-order valence-corrected chi connectivity index (χ3v) is 5.37. The van der Waals surface area contributed by atoms with Gasteiger partial charge in [-0.25, -0.2) is 0 Å². The van der Waals surface area contributed by atoms with Gasteiger partial charge in [-0.05, 0) is 22.3 Å². The summed E-state index contributed by atoms with van der Waals surface area (Å²) in [6, 6.07) is 28.0. The standard InChI is InChI=1S/C24H23NO3/c1-28-17-18-9-8-14-21(15-18)24(19-10-4-2-5-11-19,20-12-6-3-7-13-20)25-16-22(25)23(26)27/h2-15,22H,16-17H2,1H3,(H,26,27)/t22-,25?/m1/s1. The number of rotatable bonds is 7. The van der Waals surface area contributed by atoms with Crippen LogP contribution in [0.4, 0.5) is 0 Å². The molecular weight excluding hydrogens is 350 g/mol. The van der Waals surface area contributed by atoms with Gasteiger partial charge in [0.2, 0.25) is 0 Å². The van der Waals surface area contributed by atoms with E-state index in [4.69, 9.17) is 4.74 Å². The van der Waals surface area contributed by atoms with E-state index in [1.807, 2.05) is 48.5 Å². The number of ether oxygens (including phenoxy) is 1. The van der Waals surface area contributed by atoms with Gasteiger partial charge in [-0.3, -0.25) is 9.69 Å². The first-order chi connectivity index (χ1) is 13.7. The summed E-state index contributed by atoms with van der Waals surface area (Å²) in [5, 5.41) is 9.70. The highest BCUT2D eigenvalue weighted by Gasteiger charge is 2.56. The molecule has 2 atom stereocenters. The molecular formula is C24H23NO3. The lowest BCUT2D eigenvalue weighted by Crippen LogP contribution is -2.40. The SMILES string of the molecule is COCc1cccc(C(c2ccccc2)(c2ccccc2)N2C[C@@H]2C(=O)O)c1. The van der Waals surface area contributed by atoms with Gasteiger partial charge < -0.3 is 9.84 Å². The summed E-state index contributed by atoms with van der Waals surface area (Å²) in [5.74, 6) is -0.788. The Hall–Kier alpha value is -2.95. The van der Waals surface area contributed by atoms with E-state index in [2.05, 4.69) is 41.3 Å². The Morgan fingerprint density at radius 1 is 0.964 bits per heavy atom.